The highest BCUT2D eigenvalue weighted by atomic mass is 32.2. The molecule has 0 aromatic heterocycles. The highest BCUT2D eigenvalue weighted by Gasteiger charge is 2.42. The number of aryl methyl sites for hydroxylation is 1. The van der Waals surface area contributed by atoms with Gasteiger partial charge in [-0.25, -0.2) is 13.1 Å². The van der Waals surface area contributed by atoms with Crippen molar-refractivity contribution in [1.82, 2.24) is 4.72 Å². The standard InChI is InChI=1S/C19H21N3O4S/c1-12-9-14(7-8-18(12)26-2)27(24,25)21-13-10-17-19(23)20-15-5-3-4-6-16(15)22(17)11-13/h3-9,13,17,21H,10-11H2,1-2H3,(H,20,23). The number of sulfonamides is 1. The summed E-state index contributed by atoms with van der Waals surface area (Å²) in [6.45, 7) is 2.25. The minimum absolute atomic E-state index is 0.101. The number of methoxy groups -OCH3 is 1. The Morgan fingerprint density at radius 3 is 2.74 bits per heavy atom. The van der Waals surface area contributed by atoms with Gasteiger partial charge in [-0.15, -0.1) is 0 Å². The fraction of sp³-hybridized carbons (Fsp3) is 0.316. The van der Waals surface area contributed by atoms with Crippen molar-refractivity contribution in [2.45, 2.75) is 30.3 Å². The fourth-order valence-corrected chi connectivity index (χ4v) is 5.11. The number of benzene rings is 2. The second kappa shape index (κ2) is 6.54. The van der Waals surface area contributed by atoms with Gasteiger partial charge in [0.2, 0.25) is 15.9 Å². The number of hydrogen-bond acceptors (Lipinski definition) is 5. The third-order valence-electron chi connectivity index (χ3n) is 5.07. The molecule has 2 atom stereocenters. The van der Waals surface area contributed by atoms with Crippen LogP contribution in [0.25, 0.3) is 0 Å². The monoisotopic (exact) mass is 387 g/mol. The molecule has 0 bridgehead atoms. The second-order valence-corrected chi connectivity index (χ2v) is 8.57. The molecule has 27 heavy (non-hydrogen) atoms. The lowest BCUT2D eigenvalue weighted by atomic mass is 10.1. The van der Waals surface area contributed by atoms with E-state index in [1.807, 2.05) is 29.2 Å². The van der Waals surface area contributed by atoms with Crippen LogP contribution in [0.1, 0.15) is 12.0 Å². The first-order chi connectivity index (χ1) is 12.9. The molecule has 2 aromatic carbocycles. The van der Waals surface area contributed by atoms with E-state index in [0.29, 0.717) is 18.7 Å². The van der Waals surface area contributed by atoms with E-state index in [-0.39, 0.29) is 22.9 Å². The molecule has 0 spiro atoms. The molecule has 2 unspecified atom stereocenters. The average Bonchev–Trinajstić information content (AvgIpc) is 3.05. The Morgan fingerprint density at radius 1 is 1.22 bits per heavy atom. The summed E-state index contributed by atoms with van der Waals surface area (Å²) in [7, 11) is -2.14. The Hall–Kier alpha value is -2.58. The maximum atomic E-state index is 12.8. The average molecular weight is 387 g/mol. The molecule has 2 aromatic rings. The van der Waals surface area contributed by atoms with E-state index in [2.05, 4.69) is 10.0 Å². The van der Waals surface area contributed by atoms with Crippen molar-refractivity contribution in [3.63, 3.8) is 0 Å². The number of para-hydroxylation sites is 2. The van der Waals surface area contributed by atoms with Crippen LogP contribution in [0.4, 0.5) is 11.4 Å². The van der Waals surface area contributed by atoms with E-state index in [9.17, 15) is 13.2 Å². The van der Waals surface area contributed by atoms with Gasteiger partial charge in [0.25, 0.3) is 0 Å². The SMILES string of the molecule is COc1ccc(S(=O)(=O)NC2CC3C(=O)Nc4ccccc4N3C2)cc1C. The van der Waals surface area contributed by atoms with Crippen LogP contribution in [0, 0.1) is 6.92 Å². The van der Waals surface area contributed by atoms with Gasteiger partial charge in [0, 0.05) is 12.6 Å². The molecule has 2 aliphatic heterocycles. The molecule has 0 aliphatic carbocycles. The topological polar surface area (TPSA) is 87.7 Å². The van der Waals surface area contributed by atoms with Gasteiger partial charge in [-0.2, -0.15) is 0 Å². The number of rotatable bonds is 4. The summed E-state index contributed by atoms with van der Waals surface area (Å²) in [5.41, 5.74) is 2.43. The van der Waals surface area contributed by atoms with E-state index in [4.69, 9.17) is 4.74 Å². The number of ether oxygens (including phenoxy) is 1. The smallest absolute Gasteiger partial charge is 0.247 e. The Bertz CT molecular complexity index is 1010. The quantitative estimate of drug-likeness (QED) is 0.836. The van der Waals surface area contributed by atoms with Crippen molar-refractivity contribution in [3.05, 3.63) is 48.0 Å². The van der Waals surface area contributed by atoms with Crippen LogP contribution >= 0.6 is 0 Å². The number of anilines is 2. The van der Waals surface area contributed by atoms with Crippen LogP contribution in [0.5, 0.6) is 5.75 Å². The molecule has 2 N–H and O–H groups in total. The molecule has 2 heterocycles. The molecular formula is C19H21N3O4S. The normalized spacial score (nSPS) is 21.4. The van der Waals surface area contributed by atoms with Gasteiger partial charge >= 0.3 is 0 Å². The number of nitrogens with one attached hydrogen (secondary N) is 2. The maximum absolute atomic E-state index is 12.8. The summed E-state index contributed by atoms with van der Waals surface area (Å²) >= 11 is 0. The predicted octanol–water partition coefficient (Wildman–Crippen LogP) is 1.88. The Kier molecular flexibility index (Phi) is 4.32. The molecule has 4 rings (SSSR count). The Balaban J connectivity index is 1.56. The van der Waals surface area contributed by atoms with Gasteiger partial charge in [0.1, 0.15) is 11.8 Å². The second-order valence-electron chi connectivity index (χ2n) is 6.86. The van der Waals surface area contributed by atoms with Gasteiger partial charge in [0.05, 0.1) is 23.4 Å². The van der Waals surface area contributed by atoms with Crippen LogP contribution < -0.4 is 19.7 Å². The van der Waals surface area contributed by atoms with Crippen LogP contribution in [-0.2, 0) is 14.8 Å². The summed E-state index contributed by atoms with van der Waals surface area (Å²) in [4.78, 5) is 14.6. The van der Waals surface area contributed by atoms with E-state index in [0.717, 1.165) is 16.9 Å². The number of fused-ring (bicyclic) bond motifs is 3. The van der Waals surface area contributed by atoms with Crippen LogP contribution in [-0.4, -0.2) is 40.1 Å². The van der Waals surface area contributed by atoms with Gasteiger partial charge < -0.3 is 15.0 Å². The molecule has 1 fully saturated rings. The highest BCUT2D eigenvalue weighted by Crippen LogP contribution is 2.36. The molecule has 1 saturated heterocycles. The van der Waals surface area contributed by atoms with Gasteiger partial charge in [-0.1, -0.05) is 12.1 Å². The molecular weight excluding hydrogens is 366 g/mol. The number of amides is 1. The summed E-state index contributed by atoms with van der Waals surface area (Å²) < 4.78 is 33.5. The fourth-order valence-electron chi connectivity index (χ4n) is 3.79. The van der Waals surface area contributed by atoms with Crippen molar-refractivity contribution in [3.8, 4) is 5.75 Å². The van der Waals surface area contributed by atoms with Crippen LogP contribution in [0.3, 0.4) is 0 Å². The summed E-state index contributed by atoms with van der Waals surface area (Å²) in [6, 6.07) is 11.6. The van der Waals surface area contributed by atoms with Crippen molar-refractivity contribution < 1.29 is 17.9 Å². The third kappa shape index (κ3) is 3.15. The number of carbonyl (C=O) groups is 1. The first-order valence-electron chi connectivity index (χ1n) is 8.72. The predicted molar refractivity (Wildman–Crippen MR) is 103 cm³/mol. The lowest BCUT2D eigenvalue weighted by molar-refractivity contribution is -0.117. The zero-order valence-corrected chi connectivity index (χ0v) is 15.9. The molecule has 2 aliphatic rings. The Morgan fingerprint density at radius 2 is 2.00 bits per heavy atom. The summed E-state index contributed by atoms with van der Waals surface area (Å²) in [6.07, 6.45) is 0.425. The lowest BCUT2D eigenvalue weighted by Gasteiger charge is -2.32. The van der Waals surface area contributed by atoms with Crippen LogP contribution in [0.2, 0.25) is 0 Å². The zero-order valence-electron chi connectivity index (χ0n) is 15.1. The minimum Gasteiger partial charge on any atom is -0.496 e. The summed E-state index contributed by atoms with van der Waals surface area (Å²) in [5, 5.41) is 2.89. The van der Waals surface area contributed by atoms with Gasteiger partial charge in [-0.05, 0) is 49.2 Å². The van der Waals surface area contributed by atoms with E-state index in [1.54, 1.807) is 26.2 Å². The lowest BCUT2D eigenvalue weighted by Crippen LogP contribution is -2.44. The summed E-state index contributed by atoms with van der Waals surface area (Å²) in [5.74, 6) is 0.538. The van der Waals surface area contributed by atoms with Crippen molar-refractivity contribution in [2.24, 2.45) is 0 Å². The Labute approximate surface area is 158 Å². The third-order valence-corrected chi connectivity index (χ3v) is 6.59. The van der Waals surface area contributed by atoms with Crippen molar-refractivity contribution in [2.75, 3.05) is 23.9 Å². The van der Waals surface area contributed by atoms with E-state index in [1.165, 1.54) is 6.07 Å². The number of nitrogens with zero attached hydrogens (tertiary/aromatic N) is 1. The molecule has 0 saturated carbocycles. The minimum atomic E-state index is -3.69. The van der Waals surface area contributed by atoms with Crippen LogP contribution in [0.15, 0.2) is 47.4 Å². The highest BCUT2D eigenvalue weighted by molar-refractivity contribution is 7.89. The van der Waals surface area contributed by atoms with E-state index < -0.39 is 10.0 Å². The first kappa shape index (κ1) is 17.8. The number of hydrogen-bond donors (Lipinski definition) is 2. The number of carbonyl (C=O) groups excluding carboxylic acids is 1. The molecule has 142 valence electrons. The largest absolute Gasteiger partial charge is 0.496 e. The first-order valence-corrected chi connectivity index (χ1v) is 10.2. The maximum Gasteiger partial charge on any atom is 0.247 e. The zero-order chi connectivity index (χ0) is 19.2. The van der Waals surface area contributed by atoms with Gasteiger partial charge in [-0.3, -0.25) is 4.79 Å². The van der Waals surface area contributed by atoms with Crippen molar-refractivity contribution >= 4 is 27.3 Å². The van der Waals surface area contributed by atoms with Crippen molar-refractivity contribution in [1.29, 1.82) is 0 Å². The van der Waals surface area contributed by atoms with Gasteiger partial charge in [0.15, 0.2) is 0 Å². The molecule has 8 heteroatoms. The molecule has 7 nitrogen and oxygen atoms in total. The molecule has 1 amide bonds. The van der Waals surface area contributed by atoms with E-state index >= 15 is 0 Å². The molecule has 0 radical (unpaired) electrons.